The van der Waals surface area contributed by atoms with Crippen molar-refractivity contribution in [3.8, 4) is 5.75 Å². The van der Waals surface area contributed by atoms with E-state index in [9.17, 15) is 4.79 Å². The Labute approximate surface area is 145 Å². The molecular weight excluding hydrogens is 314 g/mol. The molecule has 130 valence electrons. The van der Waals surface area contributed by atoms with Gasteiger partial charge in [-0.25, -0.2) is 0 Å². The molecule has 0 radical (unpaired) electrons. The number of hydrogen-bond donors (Lipinski definition) is 2. The van der Waals surface area contributed by atoms with Crippen molar-refractivity contribution in [3.63, 3.8) is 0 Å². The normalized spacial score (nSPS) is 18.1. The molecule has 1 fully saturated rings. The van der Waals surface area contributed by atoms with Gasteiger partial charge in [-0.3, -0.25) is 9.69 Å². The lowest BCUT2D eigenvalue weighted by Gasteiger charge is -2.32. The van der Waals surface area contributed by atoms with E-state index in [1.807, 2.05) is 31.3 Å². The Kier molecular flexibility index (Phi) is 8.99. The monoisotopic (exact) mass is 341 g/mol. The summed E-state index contributed by atoms with van der Waals surface area (Å²) in [6.07, 6.45) is 2.42. The van der Waals surface area contributed by atoms with Gasteiger partial charge in [-0.2, -0.15) is 0 Å². The van der Waals surface area contributed by atoms with E-state index >= 15 is 0 Å². The van der Waals surface area contributed by atoms with E-state index in [1.165, 1.54) is 12.8 Å². The van der Waals surface area contributed by atoms with Gasteiger partial charge in [-0.15, -0.1) is 12.4 Å². The first-order valence-corrected chi connectivity index (χ1v) is 7.98. The van der Waals surface area contributed by atoms with Crippen LogP contribution in [0, 0.1) is 5.92 Å². The highest BCUT2D eigenvalue weighted by Crippen LogP contribution is 2.17. The predicted octanol–water partition coefficient (Wildman–Crippen LogP) is 1.66. The molecule has 1 aliphatic heterocycles. The minimum absolute atomic E-state index is 0. The van der Waals surface area contributed by atoms with Crippen LogP contribution >= 0.6 is 12.4 Å². The van der Waals surface area contributed by atoms with Gasteiger partial charge in [-0.1, -0.05) is 18.2 Å². The fourth-order valence-electron chi connectivity index (χ4n) is 3.05. The van der Waals surface area contributed by atoms with Gasteiger partial charge in [0.25, 0.3) is 0 Å². The fraction of sp³-hybridized carbons (Fsp3) is 0.588. The SMILES string of the molecule is CNCC1CCCN(CC(=O)NCc2ccccc2OC)C1.Cl. The summed E-state index contributed by atoms with van der Waals surface area (Å²) in [4.78, 5) is 14.4. The van der Waals surface area contributed by atoms with E-state index in [-0.39, 0.29) is 18.3 Å². The first-order chi connectivity index (χ1) is 10.7. The number of rotatable bonds is 7. The molecule has 1 unspecified atom stereocenters. The molecule has 0 bridgehead atoms. The van der Waals surface area contributed by atoms with Gasteiger partial charge < -0.3 is 15.4 Å². The maximum Gasteiger partial charge on any atom is 0.234 e. The van der Waals surface area contributed by atoms with Crippen molar-refractivity contribution < 1.29 is 9.53 Å². The molecule has 6 heteroatoms. The van der Waals surface area contributed by atoms with Gasteiger partial charge in [0.15, 0.2) is 0 Å². The second-order valence-corrected chi connectivity index (χ2v) is 5.89. The lowest BCUT2D eigenvalue weighted by Crippen LogP contribution is -2.44. The zero-order chi connectivity index (χ0) is 15.8. The Balaban J connectivity index is 0.00000264. The molecule has 1 atom stereocenters. The van der Waals surface area contributed by atoms with Crippen molar-refractivity contribution in [2.75, 3.05) is 40.3 Å². The van der Waals surface area contributed by atoms with E-state index in [0.29, 0.717) is 19.0 Å². The molecule has 23 heavy (non-hydrogen) atoms. The van der Waals surface area contributed by atoms with Crippen molar-refractivity contribution in [2.45, 2.75) is 19.4 Å². The third-order valence-corrected chi connectivity index (χ3v) is 4.13. The second-order valence-electron chi connectivity index (χ2n) is 5.89. The number of nitrogens with one attached hydrogen (secondary N) is 2. The first kappa shape index (κ1) is 19.7. The van der Waals surface area contributed by atoms with Crippen molar-refractivity contribution in [2.24, 2.45) is 5.92 Å². The van der Waals surface area contributed by atoms with E-state index in [4.69, 9.17) is 4.74 Å². The number of halogens is 1. The molecule has 2 rings (SSSR count). The maximum atomic E-state index is 12.1. The van der Waals surface area contributed by atoms with Crippen LogP contribution in [-0.2, 0) is 11.3 Å². The number of para-hydroxylation sites is 1. The molecule has 1 saturated heterocycles. The summed E-state index contributed by atoms with van der Waals surface area (Å²) in [7, 11) is 3.63. The standard InChI is InChI=1S/C17H27N3O2.ClH/c1-18-10-14-6-5-9-20(12-14)13-17(21)19-11-15-7-3-4-8-16(15)22-2;/h3-4,7-8,14,18H,5-6,9-13H2,1-2H3,(H,19,21);1H. The molecule has 0 saturated carbocycles. The van der Waals surface area contributed by atoms with Gasteiger partial charge in [0.2, 0.25) is 5.91 Å². The van der Waals surface area contributed by atoms with E-state index in [2.05, 4.69) is 15.5 Å². The summed E-state index contributed by atoms with van der Waals surface area (Å²) < 4.78 is 5.30. The van der Waals surface area contributed by atoms with Crippen molar-refractivity contribution in [1.82, 2.24) is 15.5 Å². The van der Waals surface area contributed by atoms with Crippen LogP contribution in [0.4, 0.5) is 0 Å². The minimum Gasteiger partial charge on any atom is -0.496 e. The van der Waals surface area contributed by atoms with Crippen LogP contribution in [0.1, 0.15) is 18.4 Å². The Bertz CT molecular complexity index is 483. The molecule has 0 aliphatic carbocycles. The number of likely N-dealkylation sites (tertiary alicyclic amines) is 1. The number of carbonyl (C=O) groups excluding carboxylic acids is 1. The van der Waals surface area contributed by atoms with Crippen molar-refractivity contribution in [3.05, 3.63) is 29.8 Å². The zero-order valence-electron chi connectivity index (χ0n) is 14.0. The first-order valence-electron chi connectivity index (χ1n) is 7.98. The highest BCUT2D eigenvalue weighted by Gasteiger charge is 2.20. The Hall–Kier alpha value is -1.30. The molecule has 1 aliphatic rings. The topological polar surface area (TPSA) is 53.6 Å². The van der Waals surface area contributed by atoms with Gasteiger partial charge in [0, 0.05) is 18.7 Å². The molecule has 1 aromatic carbocycles. The summed E-state index contributed by atoms with van der Waals surface area (Å²) in [5.41, 5.74) is 1.00. The van der Waals surface area contributed by atoms with Crippen molar-refractivity contribution in [1.29, 1.82) is 0 Å². The molecule has 5 nitrogen and oxygen atoms in total. The quantitative estimate of drug-likeness (QED) is 0.792. The Morgan fingerprint density at radius 2 is 2.17 bits per heavy atom. The summed E-state index contributed by atoms with van der Waals surface area (Å²) >= 11 is 0. The lowest BCUT2D eigenvalue weighted by atomic mass is 9.98. The van der Waals surface area contributed by atoms with Gasteiger partial charge in [0.1, 0.15) is 5.75 Å². The largest absolute Gasteiger partial charge is 0.496 e. The van der Waals surface area contributed by atoms with Gasteiger partial charge >= 0.3 is 0 Å². The Morgan fingerprint density at radius 1 is 1.39 bits per heavy atom. The highest BCUT2D eigenvalue weighted by atomic mass is 35.5. The van der Waals surface area contributed by atoms with Crippen LogP contribution in [0.5, 0.6) is 5.75 Å². The summed E-state index contributed by atoms with van der Waals surface area (Å²) in [6.45, 7) is 4.04. The fourth-order valence-corrected chi connectivity index (χ4v) is 3.05. The van der Waals surface area contributed by atoms with Crippen LogP contribution in [0.25, 0.3) is 0 Å². The highest BCUT2D eigenvalue weighted by molar-refractivity contribution is 5.85. The molecule has 1 heterocycles. The predicted molar refractivity (Wildman–Crippen MR) is 95.2 cm³/mol. The molecule has 1 amide bonds. The summed E-state index contributed by atoms with van der Waals surface area (Å²) in [5, 5.41) is 6.22. The van der Waals surface area contributed by atoms with Crippen LogP contribution in [-0.4, -0.2) is 51.1 Å². The number of ether oxygens (including phenoxy) is 1. The van der Waals surface area contributed by atoms with Crippen LogP contribution < -0.4 is 15.4 Å². The maximum absolute atomic E-state index is 12.1. The number of benzene rings is 1. The zero-order valence-corrected chi connectivity index (χ0v) is 14.8. The molecule has 0 spiro atoms. The van der Waals surface area contributed by atoms with Gasteiger partial charge in [-0.05, 0) is 45.0 Å². The average molecular weight is 342 g/mol. The molecule has 0 aromatic heterocycles. The smallest absolute Gasteiger partial charge is 0.234 e. The summed E-state index contributed by atoms with van der Waals surface area (Å²) in [6, 6.07) is 7.77. The van der Waals surface area contributed by atoms with Gasteiger partial charge in [0.05, 0.1) is 13.7 Å². The summed E-state index contributed by atoms with van der Waals surface area (Å²) in [5.74, 6) is 1.55. The lowest BCUT2D eigenvalue weighted by molar-refractivity contribution is -0.122. The van der Waals surface area contributed by atoms with E-state index in [1.54, 1.807) is 7.11 Å². The average Bonchev–Trinajstić information content (AvgIpc) is 2.54. The molecule has 1 aromatic rings. The third kappa shape index (κ3) is 6.37. The van der Waals surface area contributed by atoms with E-state index < -0.39 is 0 Å². The number of carbonyl (C=O) groups is 1. The van der Waals surface area contributed by atoms with Crippen molar-refractivity contribution >= 4 is 18.3 Å². The number of hydrogen-bond acceptors (Lipinski definition) is 4. The molecule has 2 N–H and O–H groups in total. The number of piperidine rings is 1. The minimum atomic E-state index is 0. The van der Waals surface area contributed by atoms with Crippen LogP contribution in [0.15, 0.2) is 24.3 Å². The van der Waals surface area contributed by atoms with Crippen LogP contribution in [0.2, 0.25) is 0 Å². The number of amides is 1. The molecular formula is C17H28ClN3O2. The third-order valence-electron chi connectivity index (χ3n) is 4.13. The number of nitrogens with zero attached hydrogens (tertiary/aromatic N) is 1. The Morgan fingerprint density at radius 3 is 2.91 bits per heavy atom. The second kappa shape index (κ2) is 10.5. The van der Waals surface area contributed by atoms with Crippen LogP contribution in [0.3, 0.4) is 0 Å². The van der Waals surface area contributed by atoms with E-state index in [0.717, 1.165) is 30.9 Å². The number of methoxy groups -OCH3 is 1.